The van der Waals surface area contributed by atoms with E-state index in [1.165, 1.54) is 12.1 Å². The maximum Gasteiger partial charge on any atom is 0.366 e. The van der Waals surface area contributed by atoms with Crippen molar-refractivity contribution in [2.75, 3.05) is 0 Å². The predicted molar refractivity (Wildman–Crippen MR) is 43.3 cm³/mol. The highest BCUT2D eigenvalue weighted by molar-refractivity contribution is 9.10. The molecule has 0 fully saturated rings. The SMILES string of the molecule is N#Cc1cc(Br)cc([N+](=O)[O-])n1. The summed E-state index contributed by atoms with van der Waals surface area (Å²) in [6, 6.07) is 4.36. The highest BCUT2D eigenvalue weighted by Crippen LogP contribution is 2.16. The molecule has 5 nitrogen and oxygen atoms in total. The van der Waals surface area contributed by atoms with Gasteiger partial charge < -0.3 is 10.1 Å². The second-order valence-corrected chi connectivity index (χ2v) is 2.81. The zero-order chi connectivity index (χ0) is 9.14. The zero-order valence-electron chi connectivity index (χ0n) is 5.69. The lowest BCUT2D eigenvalue weighted by Crippen LogP contribution is -1.93. The summed E-state index contributed by atoms with van der Waals surface area (Å²) in [4.78, 5) is 13.0. The summed E-state index contributed by atoms with van der Waals surface area (Å²) in [7, 11) is 0. The average Bonchev–Trinajstić information content (AvgIpc) is 2.03. The van der Waals surface area contributed by atoms with E-state index < -0.39 is 4.92 Å². The number of aromatic nitrogens is 1. The van der Waals surface area contributed by atoms with Crippen LogP contribution in [-0.2, 0) is 0 Å². The van der Waals surface area contributed by atoms with Crippen molar-refractivity contribution in [3.63, 3.8) is 0 Å². The van der Waals surface area contributed by atoms with Crippen molar-refractivity contribution in [3.8, 4) is 6.07 Å². The third-order valence-corrected chi connectivity index (χ3v) is 1.54. The first-order chi connectivity index (χ1) is 5.63. The first-order valence-corrected chi connectivity index (χ1v) is 3.65. The largest absolute Gasteiger partial charge is 0.366 e. The van der Waals surface area contributed by atoms with Crippen LogP contribution in [0.15, 0.2) is 16.6 Å². The van der Waals surface area contributed by atoms with Crippen LogP contribution in [0.2, 0.25) is 0 Å². The molecule has 0 amide bonds. The highest BCUT2D eigenvalue weighted by atomic mass is 79.9. The molecule has 0 aliphatic carbocycles. The van der Waals surface area contributed by atoms with Crippen molar-refractivity contribution in [2.45, 2.75) is 0 Å². The second-order valence-electron chi connectivity index (χ2n) is 1.90. The summed E-state index contributed by atoms with van der Waals surface area (Å²) >= 11 is 3.03. The molecule has 12 heavy (non-hydrogen) atoms. The molecule has 0 aliphatic rings. The Hall–Kier alpha value is -1.48. The summed E-state index contributed by atoms with van der Waals surface area (Å²) in [5.74, 6) is -0.332. The molecule has 1 aromatic rings. The molecule has 0 aromatic carbocycles. The van der Waals surface area contributed by atoms with Gasteiger partial charge in [0.15, 0.2) is 0 Å². The Kier molecular flexibility index (Phi) is 2.35. The van der Waals surface area contributed by atoms with Gasteiger partial charge in [0.1, 0.15) is 6.07 Å². The van der Waals surface area contributed by atoms with Gasteiger partial charge in [0.2, 0.25) is 0 Å². The van der Waals surface area contributed by atoms with Crippen molar-refractivity contribution in [1.29, 1.82) is 5.26 Å². The lowest BCUT2D eigenvalue weighted by molar-refractivity contribution is -0.389. The molecule has 0 N–H and O–H groups in total. The normalized spacial score (nSPS) is 9.00. The van der Waals surface area contributed by atoms with E-state index in [1.807, 2.05) is 0 Å². The lowest BCUT2D eigenvalue weighted by atomic mass is 10.4. The van der Waals surface area contributed by atoms with Gasteiger partial charge in [-0.25, -0.2) is 0 Å². The van der Waals surface area contributed by atoms with Gasteiger partial charge in [-0.05, 0) is 9.91 Å². The topological polar surface area (TPSA) is 79.8 Å². The van der Waals surface area contributed by atoms with Crippen LogP contribution >= 0.6 is 15.9 Å². The van der Waals surface area contributed by atoms with E-state index in [4.69, 9.17) is 5.26 Å². The summed E-state index contributed by atoms with van der Waals surface area (Å²) in [6.45, 7) is 0. The minimum absolute atomic E-state index is 0.0241. The molecule has 6 heteroatoms. The highest BCUT2D eigenvalue weighted by Gasteiger charge is 2.11. The number of rotatable bonds is 1. The van der Waals surface area contributed by atoms with Gasteiger partial charge in [-0.3, -0.25) is 0 Å². The Morgan fingerprint density at radius 3 is 2.83 bits per heavy atom. The van der Waals surface area contributed by atoms with Gasteiger partial charge >= 0.3 is 5.82 Å². The van der Waals surface area contributed by atoms with Crippen LogP contribution in [0.25, 0.3) is 0 Å². The van der Waals surface area contributed by atoms with E-state index in [-0.39, 0.29) is 11.5 Å². The molecule has 60 valence electrons. The van der Waals surface area contributed by atoms with E-state index in [0.29, 0.717) is 4.47 Å². The lowest BCUT2D eigenvalue weighted by Gasteiger charge is -1.91. The number of nitrogens with zero attached hydrogens (tertiary/aromatic N) is 3. The Balaban J connectivity index is 3.26. The maximum atomic E-state index is 10.2. The number of pyridine rings is 1. The number of hydrogen-bond acceptors (Lipinski definition) is 4. The molecule has 0 saturated heterocycles. The maximum absolute atomic E-state index is 10.2. The van der Waals surface area contributed by atoms with Crippen molar-refractivity contribution < 1.29 is 4.92 Å². The minimum Gasteiger partial charge on any atom is -0.358 e. The molecule has 1 aromatic heterocycles. The molecule has 0 unspecified atom stereocenters. The van der Waals surface area contributed by atoms with E-state index in [2.05, 4.69) is 20.9 Å². The monoisotopic (exact) mass is 227 g/mol. The van der Waals surface area contributed by atoms with Crippen molar-refractivity contribution in [2.24, 2.45) is 0 Å². The summed E-state index contributed by atoms with van der Waals surface area (Å²) in [5.41, 5.74) is 0.0241. The fourth-order valence-corrected chi connectivity index (χ4v) is 1.06. The van der Waals surface area contributed by atoms with E-state index in [1.54, 1.807) is 6.07 Å². The standard InChI is InChI=1S/C6H2BrN3O2/c7-4-1-5(3-8)9-6(2-4)10(11)12/h1-2H. The van der Waals surface area contributed by atoms with Crippen molar-refractivity contribution in [1.82, 2.24) is 4.98 Å². The molecule has 0 aliphatic heterocycles. The van der Waals surface area contributed by atoms with Gasteiger partial charge in [-0.15, -0.1) is 0 Å². The number of nitro groups is 1. The molecular formula is C6H2BrN3O2. The molecule has 1 rings (SSSR count). The van der Waals surface area contributed by atoms with Gasteiger partial charge in [-0.2, -0.15) is 5.26 Å². The summed E-state index contributed by atoms with van der Waals surface area (Å²) < 4.78 is 0.473. The van der Waals surface area contributed by atoms with Crippen LogP contribution in [0.3, 0.4) is 0 Å². The Morgan fingerprint density at radius 2 is 2.33 bits per heavy atom. The van der Waals surface area contributed by atoms with Crippen LogP contribution in [0.1, 0.15) is 5.69 Å². The fourth-order valence-electron chi connectivity index (χ4n) is 0.634. The molecule has 0 radical (unpaired) electrons. The van der Waals surface area contributed by atoms with Crippen molar-refractivity contribution in [3.05, 3.63) is 32.4 Å². The smallest absolute Gasteiger partial charge is 0.358 e. The van der Waals surface area contributed by atoms with Gasteiger partial charge in [0.05, 0.1) is 6.07 Å². The van der Waals surface area contributed by atoms with Gasteiger partial charge in [-0.1, -0.05) is 15.9 Å². The van der Waals surface area contributed by atoms with Gasteiger partial charge in [0.25, 0.3) is 5.69 Å². The Labute approximate surface area is 75.9 Å². The average molecular weight is 228 g/mol. The predicted octanol–water partition coefficient (Wildman–Crippen LogP) is 1.62. The Bertz CT molecular complexity index is 372. The van der Waals surface area contributed by atoms with E-state index in [0.717, 1.165) is 0 Å². The molecule has 0 saturated carbocycles. The second kappa shape index (κ2) is 3.28. The van der Waals surface area contributed by atoms with Crippen LogP contribution in [-0.4, -0.2) is 9.91 Å². The van der Waals surface area contributed by atoms with E-state index >= 15 is 0 Å². The van der Waals surface area contributed by atoms with Crippen LogP contribution in [0.4, 0.5) is 5.82 Å². The minimum atomic E-state index is -0.647. The molecule has 1 heterocycles. The molecule has 0 spiro atoms. The fraction of sp³-hybridized carbons (Fsp3) is 0. The van der Waals surface area contributed by atoms with Crippen LogP contribution in [0, 0.1) is 21.4 Å². The Morgan fingerprint density at radius 1 is 1.67 bits per heavy atom. The van der Waals surface area contributed by atoms with Crippen LogP contribution < -0.4 is 0 Å². The third-order valence-electron chi connectivity index (χ3n) is 1.08. The zero-order valence-corrected chi connectivity index (χ0v) is 7.28. The number of nitriles is 1. The quantitative estimate of drug-likeness (QED) is 0.540. The number of halogens is 1. The summed E-state index contributed by atoms with van der Waals surface area (Å²) in [6.07, 6.45) is 0. The van der Waals surface area contributed by atoms with Gasteiger partial charge in [0, 0.05) is 10.5 Å². The summed E-state index contributed by atoms with van der Waals surface area (Å²) in [5, 5.41) is 18.6. The first kappa shape index (κ1) is 8.62. The molecule has 0 atom stereocenters. The first-order valence-electron chi connectivity index (χ1n) is 2.85. The molecular weight excluding hydrogens is 226 g/mol. The third kappa shape index (κ3) is 1.77. The number of hydrogen-bond donors (Lipinski definition) is 0. The molecule has 0 bridgehead atoms. The van der Waals surface area contributed by atoms with Crippen molar-refractivity contribution >= 4 is 21.7 Å². The van der Waals surface area contributed by atoms with E-state index in [9.17, 15) is 10.1 Å². The van der Waals surface area contributed by atoms with Crippen LogP contribution in [0.5, 0.6) is 0 Å².